The van der Waals surface area contributed by atoms with E-state index in [1.807, 2.05) is 0 Å². The van der Waals surface area contributed by atoms with Crippen molar-refractivity contribution < 1.29 is 0 Å². The van der Waals surface area contributed by atoms with Crippen LogP contribution in [0.3, 0.4) is 0 Å². The van der Waals surface area contributed by atoms with Crippen LogP contribution >= 0.6 is 15.9 Å². The lowest BCUT2D eigenvalue weighted by Gasteiger charge is -2.40. The molecule has 0 heterocycles. The Morgan fingerprint density at radius 2 is 1.48 bits per heavy atom. The second kappa shape index (κ2) is 7.83. The molecule has 0 aromatic heterocycles. The van der Waals surface area contributed by atoms with E-state index >= 15 is 0 Å². The first-order chi connectivity index (χ1) is 13.7. The standard InChI is InChI=1S/C26H35BrN2/c1-17(2)25(28)10-8-20-5-4-19(13-23(20)16-25)12-18(3)26(29)11-9-21-14-24(27)7-6-22(21)15-26/h4-7,13-14,17-18H,8-12,15-16,28-29H2,1-3H3. The molecule has 0 aliphatic heterocycles. The van der Waals surface area contributed by atoms with E-state index in [4.69, 9.17) is 11.5 Å². The van der Waals surface area contributed by atoms with Gasteiger partial charge in [0.25, 0.3) is 0 Å². The van der Waals surface area contributed by atoms with Gasteiger partial charge in [-0.1, -0.05) is 61.0 Å². The zero-order valence-electron chi connectivity index (χ0n) is 18.1. The molecular weight excluding hydrogens is 420 g/mol. The van der Waals surface area contributed by atoms with Gasteiger partial charge in [0.05, 0.1) is 0 Å². The van der Waals surface area contributed by atoms with Gasteiger partial charge in [-0.05, 0) is 96.7 Å². The molecule has 4 N–H and O–H groups in total. The number of halogens is 1. The number of hydrogen-bond acceptors (Lipinski definition) is 2. The van der Waals surface area contributed by atoms with Crippen LogP contribution in [0.15, 0.2) is 40.9 Å². The van der Waals surface area contributed by atoms with Crippen LogP contribution in [0.2, 0.25) is 0 Å². The Labute approximate surface area is 184 Å². The molecule has 4 rings (SSSR count). The molecule has 0 radical (unpaired) electrons. The van der Waals surface area contributed by atoms with Gasteiger partial charge in [-0.25, -0.2) is 0 Å². The third kappa shape index (κ3) is 4.19. The van der Waals surface area contributed by atoms with Gasteiger partial charge in [-0.15, -0.1) is 0 Å². The molecule has 0 saturated carbocycles. The highest BCUT2D eigenvalue weighted by Gasteiger charge is 2.36. The Morgan fingerprint density at radius 3 is 2.24 bits per heavy atom. The molecule has 2 aliphatic rings. The fraction of sp³-hybridized carbons (Fsp3) is 0.538. The Balaban J connectivity index is 1.50. The van der Waals surface area contributed by atoms with Crippen LogP contribution in [0, 0.1) is 11.8 Å². The van der Waals surface area contributed by atoms with Gasteiger partial charge in [0.1, 0.15) is 0 Å². The minimum atomic E-state index is -0.133. The summed E-state index contributed by atoms with van der Waals surface area (Å²) in [5, 5.41) is 0. The molecule has 2 aliphatic carbocycles. The fourth-order valence-corrected chi connectivity index (χ4v) is 5.71. The third-order valence-electron chi connectivity index (χ3n) is 7.87. The highest BCUT2D eigenvalue weighted by atomic mass is 79.9. The van der Waals surface area contributed by atoms with Gasteiger partial charge in [0, 0.05) is 15.6 Å². The minimum absolute atomic E-state index is 0.0618. The molecule has 0 amide bonds. The number of hydrogen-bond donors (Lipinski definition) is 2. The maximum Gasteiger partial charge on any atom is 0.0227 e. The number of benzene rings is 2. The molecule has 2 aromatic rings. The molecule has 29 heavy (non-hydrogen) atoms. The van der Waals surface area contributed by atoms with Crippen LogP contribution in [-0.4, -0.2) is 11.1 Å². The summed E-state index contributed by atoms with van der Waals surface area (Å²) in [6, 6.07) is 13.7. The van der Waals surface area contributed by atoms with E-state index in [-0.39, 0.29) is 11.1 Å². The zero-order valence-corrected chi connectivity index (χ0v) is 19.7. The van der Waals surface area contributed by atoms with Crippen LogP contribution < -0.4 is 11.5 Å². The van der Waals surface area contributed by atoms with Gasteiger partial charge in [0.2, 0.25) is 0 Å². The monoisotopic (exact) mass is 454 g/mol. The van der Waals surface area contributed by atoms with Crippen molar-refractivity contribution in [1.29, 1.82) is 0 Å². The molecule has 0 fully saturated rings. The Hall–Kier alpha value is -1.16. The summed E-state index contributed by atoms with van der Waals surface area (Å²) >= 11 is 3.60. The van der Waals surface area contributed by atoms with Crippen molar-refractivity contribution in [3.63, 3.8) is 0 Å². The molecule has 0 bridgehead atoms. The summed E-state index contributed by atoms with van der Waals surface area (Å²) in [5.41, 5.74) is 20.8. The van der Waals surface area contributed by atoms with Crippen molar-refractivity contribution in [3.8, 4) is 0 Å². The Kier molecular flexibility index (Phi) is 5.69. The lowest BCUT2D eigenvalue weighted by molar-refractivity contribution is 0.254. The highest BCUT2D eigenvalue weighted by molar-refractivity contribution is 9.10. The number of nitrogens with two attached hydrogens (primary N) is 2. The molecule has 0 spiro atoms. The largest absolute Gasteiger partial charge is 0.325 e. The van der Waals surface area contributed by atoms with E-state index in [0.717, 1.165) is 44.9 Å². The number of aryl methyl sites for hydroxylation is 2. The normalized spacial score (nSPS) is 27.4. The van der Waals surface area contributed by atoms with Gasteiger partial charge in [-0.2, -0.15) is 0 Å². The van der Waals surface area contributed by atoms with E-state index in [2.05, 4.69) is 73.1 Å². The van der Waals surface area contributed by atoms with Crippen molar-refractivity contribution >= 4 is 15.9 Å². The van der Waals surface area contributed by atoms with Crippen molar-refractivity contribution in [1.82, 2.24) is 0 Å². The zero-order chi connectivity index (χ0) is 20.8. The van der Waals surface area contributed by atoms with Crippen molar-refractivity contribution in [2.45, 2.75) is 76.8 Å². The maximum absolute atomic E-state index is 6.99. The summed E-state index contributed by atoms with van der Waals surface area (Å²) in [4.78, 5) is 0. The van der Waals surface area contributed by atoms with Gasteiger partial charge in [0.15, 0.2) is 0 Å². The lowest BCUT2D eigenvalue weighted by atomic mass is 9.69. The molecule has 0 saturated heterocycles. The molecule has 2 nitrogen and oxygen atoms in total. The fourth-order valence-electron chi connectivity index (χ4n) is 5.31. The van der Waals surface area contributed by atoms with Crippen molar-refractivity contribution in [3.05, 3.63) is 68.7 Å². The molecular formula is C26H35BrN2. The predicted octanol–water partition coefficient (Wildman–Crippen LogP) is 5.36. The summed E-state index contributed by atoms with van der Waals surface area (Å²) in [7, 11) is 0. The van der Waals surface area contributed by atoms with Crippen LogP contribution in [-0.2, 0) is 32.1 Å². The van der Waals surface area contributed by atoms with Gasteiger partial charge >= 0.3 is 0 Å². The number of rotatable bonds is 4. The predicted molar refractivity (Wildman–Crippen MR) is 126 cm³/mol. The highest BCUT2D eigenvalue weighted by Crippen LogP contribution is 2.36. The average Bonchev–Trinajstić information content (AvgIpc) is 2.68. The Morgan fingerprint density at radius 1 is 0.828 bits per heavy atom. The summed E-state index contributed by atoms with van der Waals surface area (Å²) in [6.45, 7) is 6.85. The quantitative estimate of drug-likeness (QED) is 0.653. The molecule has 156 valence electrons. The average molecular weight is 455 g/mol. The maximum atomic E-state index is 6.99. The molecule has 3 heteroatoms. The van der Waals surface area contributed by atoms with Crippen LogP contribution in [0.4, 0.5) is 0 Å². The second-order valence-corrected chi connectivity index (χ2v) is 11.0. The van der Waals surface area contributed by atoms with E-state index in [1.54, 1.807) is 0 Å². The molecule has 3 atom stereocenters. The summed E-state index contributed by atoms with van der Waals surface area (Å²) < 4.78 is 1.17. The van der Waals surface area contributed by atoms with E-state index in [1.165, 1.54) is 32.3 Å². The lowest BCUT2D eigenvalue weighted by Crippen LogP contribution is -2.51. The van der Waals surface area contributed by atoms with Crippen molar-refractivity contribution in [2.75, 3.05) is 0 Å². The second-order valence-electron chi connectivity index (χ2n) is 10.1. The number of fused-ring (bicyclic) bond motifs is 2. The van der Waals surface area contributed by atoms with Crippen molar-refractivity contribution in [2.24, 2.45) is 23.3 Å². The third-order valence-corrected chi connectivity index (χ3v) is 8.36. The molecule has 3 unspecified atom stereocenters. The topological polar surface area (TPSA) is 52.0 Å². The SMILES string of the molecule is CC(C)C1(N)CCc2ccc(CC(C)C3(N)CCc4cc(Br)ccc4C3)cc2C1. The molecule has 2 aromatic carbocycles. The van der Waals surface area contributed by atoms with Gasteiger partial charge in [-0.3, -0.25) is 0 Å². The van der Waals surface area contributed by atoms with Gasteiger partial charge < -0.3 is 11.5 Å². The first-order valence-corrected chi connectivity index (χ1v) is 11.9. The van der Waals surface area contributed by atoms with E-state index < -0.39 is 0 Å². The summed E-state index contributed by atoms with van der Waals surface area (Å²) in [6.07, 6.45) is 7.34. The van der Waals surface area contributed by atoms with E-state index in [9.17, 15) is 0 Å². The van der Waals surface area contributed by atoms with Crippen LogP contribution in [0.1, 0.15) is 61.4 Å². The van der Waals surface area contributed by atoms with E-state index in [0.29, 0.717) is 11.8 Å². The van der Waals surface area contributed by atoms with Crippen LogP contribution in [0.25, 0.3) is 0 Å². The smallest absolute Gasteiger partial charge is 0.0227 e. The van der Waals surface area contributed by atoms with Crippen LogP contribution in [0.5, 0.6) is 0 Å². The first-order valence-electron chi connectivity index (χ1n) is 11.1. The Bertz CT molecular complexity index is 906. The minimum Gasteiger partial charge on any atom is -0.325 e. The first kappa shape index (κ1) is 21.1. The summed E-state index contributed by atoms with van der Waals surface area (Å²) in [5.74, 6) is 0.946.